The minimum Gasteiger partial charge on any atom is -0.353 e. The first-order chi connectivity index (χ1) is 10.8. The molecule has 1 aliphatic carbocycles. The number of hydrogen-bond acceptors (Lipinski definition) is 2. The number of amides is 2. The highest BCUT2D eigenvalue weighted by molar-refractivity contribution is 6.33. The predicted octanol–water partition coefficient (Wildman–Crippen LogP) is 3.75. The first-order valence-electron chi connectivity index (χ1n) is 7.21. The van der Waals surface area contributed by atoms with E-state index in [0.717, 1.165) is 43.9 Å². The number of alkyl halides is 3. The molecule has 1 aliphatic rings. The molecule has 4 nitrogen and oxygen atoms in total. The lowest BCUT2D eigenvalue weighted by atomic mass is 10.2. The average Bonchev–Trinajstić information content (AvgIpc) is 2.92. The molecule has 0 aliphatic heterocycles. The maximum Gasteiger partial charge on any atom is 0.416 e. The standard InChI is InChI=1S/C15H16ClF3N2O2/c16-11-6-5-9(15(17,18)19)7-12(11)21-14(23)8-13(22)20-10-3-1-2-4-10/h5-7,10H,1-4,8H2,(H,20,22)(H,21,23). The summed E-state index contributed by atoms with van der Waals surface area (Å²) in [6, 6.07) is 2.70. The first kappa shape index (κ1) is 17.6. The molecule has 2 amide bonds. The van der Waals surface area contributed by atoms with Crippen LogP contribution >= 0.6 is 11.6 Å². The van der Waals surface area contributed by atoms with Crippen molar-refractivity contribution in [2.75, 3.05) is 5.32 Å². The maximum absolute atomic E-state index is 12.7. The van der Waals surface area contributed by atoms with E-state index in [9.17, 15) is 22.8 Å². The van der Waals surface area contributed by atoms with Crippen molar-refractivity contribution in [1.82, 2.24) is 5.32 Å². The van der Waals surface area contributed by atoms with Gasteiger partial charge in [-0.3, -0.25) is 9.59 Å². The van der Waals surface area contributed by atoms with Gasteiger partial charge in [0, 0.05) is 6.04 Å². The zero-order chi connectivity index (χ0) is 17.0. The molecule has 0 unspecified atom stereocenters. The lowest BCUT2D eigenvalue weighted by Crippen LogP contribution is -2.35. The van der Waals surface area contributed by atoms with Crippen molar-refractivity contribution in [2.45, 2.75) is 44.3 Å². The third-order valence-corrected chi connectivity index (χ3v) is 3.94. The molecule has 8 heteroatoms. The molecular weight excluding hydrogens is 333 g/mol. The fraction of sp³-hybridized carbons (Fsp3) is 0.467. The van der Waals surface area contributed by atoms with E-state index in [1.165, 1.54) is 0 Å². The van der Waals surface area contributed by atoms with E-state index in [1.54, 1.807) is 0 Å². The molecule has 1 saturated carbocycles. The molecule has 1 fully saturated rings. The van der Waals surface area contributed by atoms with Gasteiger partial charge in [-0.25, -0.2) is 0 Å². The molecule has 0 spiro atoms. The van der Waals surface area contributed by atoms with Crippen LogP contribution in [0, 0.1) is 0 Å². The molecule has 0 radical (unpaired) electrons. The van der Waals surface area contributed by atoms with Gasteiger partial charge in [-0.1, -0.05) is 24.4 Å². The second kappa shape index (κ2) is 7.21. The predicted molar refractivity (Wildman–Crippen MR) is 80.1 cm³/mol. The van der Waals surface area contributed by atoms with Crippen LogP contribution in [0.2, 0.25) is 5.02 Å². The normalized spacial score (nSPS) is 15.5. The quantitative estimate of drug-likeness (QED) is 0.814. The van der Waals surface area contributed by atoms with Crippen LogP contribution in [-0.2, 0) is 15.8 Å². The van der Waals surface area contributed by atoms with E-state index in [1.807, 2.05) is 0 Å². The summed E-state index contributed by atoms with van der Waals surface area (Å²) in [5.41, 5.74) is -1.09. The van der Waals surface area contributed by atoms with E-state index in [0.29, 0.717) is 0 Å². The fourth-order valence-electron chi connectivity index (χ4n) is 2.49. The Morgan fingerprint density at radius 3 is 2.43 bits per heavy atom. The summed E-state index contributed by atoms with van der Waals surface area (Å²) >= 11 is 5.78. The molecule has 1 aromatic carbocycles. The first-order valence-corrected chi connectivity index (χ1v) is 7.59. The monoisotopic (exact) mass is 348 g/mol. The van der Waals surface area contributed by atoms with E-state index in [2.05, 4.69) is 10.6 Å². The third kappa shape index (κ3) is 5.13. The SMILES string of the molecule is O=C(CC(=O)NC1CCCC1)Nc1cc(C(F)(F)F)ccc1Cl. The Kier molecular flexibility index (Phi) is 5.51. The number of carbonyl (C=O) groups excluding carboxylic acids is 2. The lowest BCUT2D eigenvalue weighted by molar-refractivity contribution is -0.137. The van der Waals surface area contributed by atoms with Gasteiger partial charge in [0.25, 0.3) is 0 Å². The average molecular weight is 349 g/mol. The minimum absolute atomic E-state index is 0.0254. The molecule has 126 valence electrons. The van der Waals surface area contributed by atoms with Gasteiger partial charge in [-0.15, -0.1) is 0 Å². The van der Waals surface area contributed by atoms with Crippen molar-refractivity contribution in [3.8, 4) is 0 Å². The van der Waals surface area contributed by atoms with Crippen LogP contribution in [-0.4, -0.2) is 17.9 Å². The van der Waals surface area contributed by atoms with Gasteiger partial charge in [0.2, 0.25) is 11.8 Å². The summed E-state index contributed by atoms with van der Waals surface area (Å²) in [6.45, 7) is 0. The number of hydrogen-bond donors (Lipinski definition) is 2. The van der Waals surface area contributed by atoms with Crippen LogP contribution in [0.5, 0.6) is 0 Å². The Hall–Kier alpha value is -1.76. The third-order valence-electron chi connectivity index (χ3n) is 3.61. The van der Waals surface area contributed by atoms with Crippen molar-refractivity contribution in [1.29, 1.82) is 0 Å². The molecule has 0 bridgehead atoms. The molecule has 23 heavy (non-hydrogen) atoms. The van der Waals surface area contributed by atoms with Crippen LogP contribution in [0.1, 0.15) is 37.7 Å². The highest BCUT2D eigenvalue weighted by Crippen LogP contribution is 2.33. The number of rotatable bonds is 4. The van der Waals surface area contributed by atoms with E-state index in [-0.39, 0.29) is 16.8 Å². The van der Waals surface area contributed by atoms with Crippen LogP contribution in [0.25, 0.3) is 0 Å². The zero-order valence-corrected chi connectivity index (χ0v) is 12.9. The van der Waals surface area contributed by atoms with E-state index >= 15 is 0 Å². The fourth-order valence-corrected chi connectivity index (χ4v) is 2.65. The number of halogens is 4. The Morgan fingerprint density at radius 1 is 1.17 bits per heavy atom. The summed E-state index contributed by atoms with van der Waals surface area (Å²) < 4.78 is 38.0. The second-order valence-electron chi connectivity index (χ2n) is 5.47. The van der Waals surface area contributed by atoms with Gasteiger partial charge in [-0.05, 0) is 31.0 Å². The minimum atomic E-state index is -4.54. The molecule has 2 rings (SSSR count). The molecule has 0 saturated heterocycles. The van der Waals surface area contributed by atoms with Crippen molar-refractivity contribution < 1.29 is 22.8 Å². The summed E-state index contributed by atoms with van der Waals surface area (Å²) in [5.74, 6) is -1.15. The highest BCUT2D eigenvalue weighted by atomic mass is 35.5. The zero-order valence-electron chi connectivity index (χ0n) is 12.2. The molecule has 0 aromatic heterocycles. The van der Waals surface area contributed by atoms with Crippen LogP contribution < -0.4 is 10.6 Å². The van der Waals surface area contributed by atoms with Gasteiger partial charge < -0.3 is 10.6 Å². The summed E-state index contributed by atoms with van der Waals surface area (Å²) in [6.07, 6.45) is -1.15. The molecule has 2 N–H and O–H groups in total. The van der Waals surface area contributed by atoms with Crippen molar-refractivity contribution >= 4 is 29.1 Å². The smallest absolute Gasteiger partial charge is 0.353 e. The molecule has 1 aromatic rings. The number of benzene rings is 1. The summed E-state index contributed by atoms with van der Waals surface area (Å²) in [7, 11) is 0. The van der Waals surface area contributed by atoms with E-state index < -0.39 is 30.0 Å². The number of anilines is 1. The van der Waals surface area contributed by atoms with Gasteiger partial charge in [0.1, 0.15) is 6.42 Å². The second-order valence-corrected chi connectivity index (χ2v) is 5.87. The van der Waals surface area contributed by atoms with Gasteiger partial charge in [0.05, 0.1) is 16.3 Å². The van der Waals surface area contributed by atoms with Gasteiger partial charge in [-0.2, -0.15) is 13.2 Å². The number of carbonyl (C=O) groups is 2. The molecular formula is C15H16ClF3N2O2. The van der Waals surface area contributed by atoms with E-state index in [4.69, 9.17) is 11.6 Å². The lowest BCUT2D eigenvalue weighted by Gasteiger charge is -2.13. The van der Waals surface area contributed by atoms with Gasteiger partial charge in [0.15, 0.2) is 0 Å². The number of nitrogens with one attached hydrogen (secondary N) is 2. The topological polar surface area (TPSA) is 58.2 Å². The Balaban J connectivity index is 1.95. The van der Waals surface area contributed by atoms with Crippen molar-refractivity contribution in [2.24, 2.45) is 0 Å². The van der Waals surface area contributed by atoms with Crippen molar-refractivity contribution in [3.05, 3.63) is 28.8 Å². The maximum atomic E-state index is 12.7. The van der Waals surface area contributed by atoms with Gasteiger partial charge >= 0.3 is 6.18 Å². The Morgan fingerprint density at radius 2 is 1.83 bits per heavy atom. The summed E-state index contributed by atoms with van der Waals surface area (Å²) in [4.78, 5) is 23.5. The van der Waals surface area contributed by atoms with Crippen molar-refractivity contribution in [3.63, 3.8) is 0 Å². The Labute approximate surface area is 136 Å². The Bertz CT molecular complexity index is 599. The molecule has 0 atom stereocenters. The largest absolute Gasteiger partial charge is 0.416 e. The molecule has 0 heterocycles. The van der Waals surface area contributed by atoms with Crippen LogP contribution in [0.15, 0.2) is 18.2 Å². The highest BCUT2D eigenvalue weighted by Gasteiger charge is 2.31. The van der Waals surface area contributed by atoms with Crippen LogP contribution in [0.4, 0.5) is 18.9 Å². The van der Waals surface area contributed by atoms with Crippen LogP contribution in [0.3, 0.4) is 0 Å². The summed E-state index contributed by atoms with van der Waals surface area (Å²) in [5, 5.41) is 4.95.